The third kappa shape index (κ3) is 7.90. The highest BCUT2D eigenvalue weighted by atomic mass is 32.2. The normalized spacial score (nSPS) is 18.1. The lowest BCUT2D eigenvalue weighted by Gasteiger charge is -2.32. The molecule has 1 aliphatic rings. The summed E-state index contributed by atoms with van der Waals surface area (Å²) >= 11 is 0. The van der Waals surface area contributed by atoms with E-state index in [0.717, 1.165) is 16.7 Å². The summed E-state index contributed by atoms with van der Waals surface area (Å²) in [5, 5.41) is 0. The van der Waals surface area contributed by atoms with E-state index in [2.05, 4.69) is 0 Å². The molecule has 1 saturated heterocycles. The van der Waals surface area contributed by atoms with Crippen LogP contribution < -0.4 is 0 Å². The van der Waals surface area contributed by atoms with Crippen LogP contribution in [0.2, 0.25) is 0 Å². The van der Waals surface area contributed by atoms with Gasteiger partial charge in [-0.3, -0.25) is 0 Å². The van der Waals surface area contributed by atoms with E-state index in [1.54, 1.807) is 60.7 Å². The standard InChI is InChI=1S/C30H40N4O6S3/c1-25-5-11-28(12-6-25)41(35,36)32-19-17-31(4)18-20-33(42(37,38)29-13-7-26(2)8-14-29)22-24-34(23-21-32)43(39,40)30-15-9-27(3)10-16-30/h5-16H,17-24H2,1-4H3. The number of rotatable bonds is 6. The van der Waals surface area contributed by atoms with Crippen LogP contribution in [0.4, 0.5) is 0 Å². The average molecular weight is 649 g/mol. The van der Waals surface area contributed by atoms with Crippen LogP contribution in [0.25, 0.3) is 0 Å². The summed E-state index contributed by atoms with van der Waals surface area (Å²) in [6.07, 6.45) is 0. The van der Waals surface area contributed by atoms with Crippen molar-refractivity contribution in [1.82, 2.24) is 17.8 Å². The van der Waals surface area contributed by atoms with Crippen LogP contribution in [-0.4, -0.2) is 102 Å². The van der Waals surface area contributed by atoms with Crippen molar-refractivity contribution in [2.24, 2.45) is 0 Å². The maximum atomic E-state index is 13.9. The Hall–Kier alpha value is -2.65. The Morgan fingerprint density at radius 1 is 0.395 bits per heavy atom. The van der Waals surface area contributed by atoms with Gasteiger partial charge in [-0.25, -0.2) is 25.3 Å². The third-order valence-electron chi connectivity index (χ3n) is 7.64. The highest BCUT2D eigenvalue weighted by Gasteiger charge is 2.32. The first-order valence-corrected chi connectivity index (χ1v) is 18.4. The van der Waals surface area contributed by atoms with E-state index in [1.807, 2.05) is 32.7 Å². The topological polar surface area (TPSA) is 115 Å². The molecule has 1 fully saturated rings. The van der Waals surface area contributed by atoms with Gasteiger partial charge < -0.3 is 4.90 Å². The van der Waals surface area contributed by atoms with Crippen molar-refractivity contribution in [3.05, 3.63) is 89.5 Å². The van der Waals surface area contributed by atoms with Gasteiger partial charge in [0.15, 0.2) is 0 Å². The van der Waals surface area contributed by atoms with Crippen molar-refractivity contribution in [3.8, 4) is 0 Å². The summed E-state index contributed by atoms with van der Waals surface area (Å²) in [5.74, 6) is 0. The van der Waals surface area contributed by atoms with Crippen LogP contribution in [0.3, 0.4) is 0 Å². The fourth-order valence-corrected chi connectivity index (χ4v) is 9.02. The second-order valence-corrected chi connectivity index (χ2v) is 16.8. The summed E-state index contributed by atoms with van der Waals surface area (Å²) in [6.45, 7) is 5.97. The lowest BCUT2D eigenvalue weighted by atomic mass is 10.2. The van der Waals surface area contributed by atoms with E-state index >= 15 is 0 Å². The first-order chi connectivity index (χ1) is 20.2. The zero-order valence-electron chi connectivity index (χ0n) is 25.0. The molecule has 234 valence electrons. The molecule has 4 rings (SSSR count). The van der Waals surface area contributed by atoms with Gasteiger partial charge in [-0.05, 0) is 64.2 Å². The van der Waals surface area contributed by atoms with Crippen molar-refractivity contribution in [2.75, 3.05) is 59.4 Å². The Morgan fingerprint density at radius 3 is 0.837 bits per heavy atom. The van der Waals surface area contributed by atoms with Crippen molar-refractivity contribution in [3.63, 3.8) is 0 Å². The minimum absolute atomic E-state index is 0.0609. The van der Waals surface area contributed by atoms with E-state index in [0.29, 0.717) is 13.1 Å². The van der Waals surface area contributed by atoms with Crippen LogP contribution >= 0.6 is 0 Å². The molecule has 0 aromatic heterocycles. The molecule has 3 aromatic rings. The maximum absolute atomic E-state index is 13.9. The van der Waals surface area contributed by atoms with Crippen LogP contribution in [0.1, 0.15) is 16.7 Å². The number of sulfonamides is 3. The van der Waals surface area contributed by atoms with E-state index in [-0.39, 0.29) is 54.0 Å². The third-order valence-corrected chi connectivity index (χ3v) is 13.4. The van der Waals surface area contributed by atoms with Gasteiger partial charge in [-0.2, -0.15) is 12.9 Å². The molecule has 0 N–H and O–H groups in total. The number of likely N-dealkylation sites (N-methyl/N-ethyl adjacent to an activating group) is 1. The average Bonchev–Trinajstić information content (AvgIpc) is 2.95. The fraction of sp³-hybridized carbons (Fsp3) is 0.400. The van der Waals surface area contributed by atoms with E-state index in [1.165, 1.54) is 25.0 Å². The largest absolute Gasteiger partial charge is 0.304 e. The molecular formula is C30H40N4O6S3. The molecule has 0 bridgehead atoms. The molecule has 1 heterocycles. The molecule has 0 amide bonds. The molecule has 13 heteroatoms. The molecule has 0 aliphatic carbocycles. The summed E-state index contributed by atoms with van der Waals surface area (Å²) < 4.78 is 86.4. The van der Waals surface area contributed by atoms with Crippen molar-refractivity contribution in [2.45, 2.75) is 35.5 Å². The van der Waals surface area contributed by atoms with E-state index in [9.17, 15) is 25.3 Å². The SMILES string of the molecule is Cc1ccc(S(=O)(=O)N2CCN(C)CCN(S(=O)(=O)c3ccc(C)cc3)CCN(S(=O)(=O)c3ccc(C)cc3)CC2)cc1. The van der Waals surface area contributed by atoms with Gasteiger partial charge in [-0.15, -0.1) is 0 Å². The van der Waals surface area contributed by atoms with Crippen LogP contribution in [0.5, 0.6) is 0 Å². The molecule has 1 aliphatic heterocycles. The Kier molecular flexibility index (Phi) is 10.5. The lowest BCUT2D eigenvalue weighted by Crippen LogP contribution is -2.48. The highest BCUT2D eigenvalue weighted by molar-refractivity contribution is 7.89. The van der Waals surface area contributed by atoms with Gasteiger partial charge in [0.2, 0.25) is 30.1 Å². The smallest absolute Gasteiger partial charge is 0.243 e. The van der Waals surface area contributed by atoms with Gasteiger partial charge in [-0.1, -0.05) is 53.1 Å². The number of hydrogen-bond acceptors (Lipinski definition) is 7. The van der Waals surface area contributed by atoms with Crippen molar-refractivity contribution in [1.29, 1.82) is 0 Å². The van der Waals surface area contributed by atoms with Gasteiger partial charge in [0.1, 0.15) is 0 Å². The predicted octanol–water partition coefficient (Wildman–Crippen LogP) is 2.93. The number of hydrogen-bond donors (Lipinski definition) is 0. The maximum Gasteiger partial charge on any atom is 0.243 e. The minimum Gasteiger partial charge on any atom is -0.304 e. The first-order valence-electron chi connectivity index (χ1n) is 14.1. The van der Waals surface area contributed by atoms with Gasteiger partial charge in [0, 0.05) is 52.4 Å². The molecule has 0 saturated carbocycles. The van der Waals surface area contributed by atoms with E-state index in [4.69, 9.17) is 0 Å². The minimum atomic E-state index is -4.08. The predicted molar refractivity (Wildman–Crippen MR) is 167 cm³/mol. The molecule has 10 nitrogen and oxygen atoms in total. The Labute approximate surface area is 256 Å². The summed E-state index contributed by atoms with van der Waals surface area (Å²) in [4.78, 5) is 2.22. The molecule has 3 aromatic carbocycles. The second kappa shape index (κ2) is 13.6. The zero-order valence-corrected chi connectivity index (χ0v) is 27.5. The Bertz CT molecular complexity index is 1620. The highest BCUT2D eigenvalue weighted by Crippen LogP contribution is 2.22. The van der Waals surface area contributed by atoms with Crippen LogP contribution in [0, 0.1) is 20.8 Å². The number of benzene rings is 3. The number of aryl methyl sites for hydroxylation is 3. The zero-order chi connectivity index (χ0) is 31.4. The fourth-order valence-electron chi connectivity index (χ4n) is 4.76. The van der Waals surface area contributed by atoms with Crippen LogP contribution in [0.15, 0.2) is 87.5 Å². The quantitative estimate of drug-likeness (QED) is 0.404. The summed E-state index contributed by atoms with van der Waals surface area (Å²) in [7, 11) is -10.1. The number of nitrogens with zero attached hydrogens (tertiary/aromatic N) is 4. The molecule has 0 radical (unpaired) electrons. The monoisotopic (exact) mass is 648 g/mol. The summed E-state index contributed by atoms with van der Waals surface area (Å²) in [5.41, 5.74) is 2.74. The van der Waals surface area contributed by atoms with Crippen molar-refractivity contribution < 1.29 is 25.3 Å². The Morgan fingerprint density at radius 2 is 0.605 bits per heavy atom. The molecular weight excluding hydrogens is 609 g/mol. The van der Waals surface area contributed by atoms with E-state index < -0.39 is 30.1 Å². The van der Waals surface area contributed by atoms with Gasteiger partial charge >= 0.3 is 0 Å². The molecule has 0 spiro atoms. The first kappa shape index (κ1) is 33.2. The molecule has 0 atom stereocenters. The lowest BCUT2D eigenvalue weighted by molar-refractivity contribution is 0.242. The van der Waals surface area contributed by atoms with Gasteiger partial charge in [0.05, 0.1) is 14.7 Å². The molecule has 0 unspecified atom stereocenters. The second-order valence-electron chi connectivity index (χ2n) is 11.0. The summed E-state index contributed by atoms with van der Waals surface area (Å²) in [6, 6.07) is 19.5. The van der Waals surface area contributed by atoms with Crippen LogP contribution in [-0.2, 0) is 30.1 Å². The van der Waals surface area contributed by atoms with Gasteiger partial charge in [0.25, 0.3) is 0 Å². The Balaban J connectivity index is 1.70. The molecule has 43 heavy (non-hydrogen) atoms. The van der Waals surface area contributed by atoms with Crippen molar-refractivity contribution >= 4 is 30.1 Å².